The monoisotopic (exact) mass is 286 g/mol. The van der Waals surface area contributed by atoms with Crippen LogP contribution in [0.1, 0.15) is 29.6 Å². The maximum absolute atomic E-state index is 10.2. The lowest BCUT2D eigenvalue weighted by Gasteiger charge is -2.34. The van der Waals surface area contributed by atoms with E-state index in [1.54, 1.807) is 24.3 Å². The van der Waals surface area contributed by atoms with Gasteiger partial charge in [0.1, 0.15) is 11.5 Å². The summed E-state index contributed by atoms with van der Waals surface area (Å²) in [5.41, 5.74) is 1.98. The SMILES string of the molecule is Oc1ccc([C@H]2C[C@@H](c3ccc(O)cc3)[C@H](O)CO2)cc1. The summed E-state index contributed by atoms with van der Waals surface area (Å²) in [5, 5.41) is 28.9. The summed E-state index contributed by atoms with van der Waals surface area (Å²) < 4.78 is 5.71. The summed E-state index contributed by atoms with van der Waals surface area (Å²) in [7, 11) is 0. The molecule has 1 fully saturated rings. The van der Waals surface area contributed by atoms with Crippen LogP contribution in [0.15, 0.2) is 48.5 Å². The van der Waals surface area contributed by atoms with Crippen LogP contribution in [0.25, 0.3) is 0 Å². The van der Waals surface area contributed by atoms with Gasteiger partial charge in [-0.25, -0.2) is 0 Å². The Labute approximate surface area is 123 Å². The fourth-order valence-corrected chi connectivity index (χ4v) is 2.79. The lowest BCUT2D eigenvalue weighted by molar-refractivity contribution is -0.0698. The first-order chi connectivity index (χ1) is 10.1. The van der Waals surface area contributed by atoms with E-state index in [0.717, 1.165) is 11.1 Å². The maximum Gasteiger partial charge on any atom is 0.115 e. The summed E-state index contributed by atoms with van der Waals surface area (Å²) in [6.45, 7) is 0.275. The van der Waals surface area contributed by atoms with Gasteiger partial charge in [0.15, 0.2) is 0 Å². The molecule has 3 rings (SSSR count). The molecule has 0 aliphatic carbocycles. The first-order valence-corrected chi connectivity index (χ1v) is 7.01. The third kappa shape index (κ3) is 3.01. The molecule has 0 saturated carbocycles. The molecule has 3 N–H and O–H groups in total. The molecule has 2 aromatic carbocycles. The average Bonchev–Trinajstić information content (AvgIpc) is 2.50. The molecule has 4 heteroatoms. The van der Waals surface area contributed by atoms with Crippen molar-refractivity contribution in [3.8, 4) is 11.5 Å². The number of aliphatic hydroxyl groups excluding tert-OH is 1. The fourth-order valence-electron chi connectivity index (χ4n) is 2.79. The molecule has 3 atom stereocenters. The highest BCUT2D eigenvalue weighted by Crippen LogP contribution is 2.38. The van der Waals surface area contributed by atoms with Crippen LogP contribution in [0, 0.1) is 0 Å². The molecule has 2 aromatic rings. The van der Waals surface area contributed by atoms with E-state index in [-0.39, 0.29) is 30.1 Å². The third-order valence-corrected chi connectivity index (χ3v) is 3.99. The van der Waals surface area contributed by atoms with Crippen molar-refractivity contribution in [2.75, 3.05) is 6.61 Å². The predicted octanol–water partition coefficient (Wildman–Crippen LogP) is 2.70. The Kier molecular flexibility index (Phi) is 3.82. The van der Waals surface area contributed by atoms with Gasteiger partial charge in [0, 0.05) is 5.92 Å². The van der Waals surface area contributed by atoms with E-state index in [1.807, 2.05) is 24.3 Å². The Morgan fingerprint density at radius 1 is 0.810 bits per heavy atom. The predicted molar refractivity (Wildman–Crippen MR) is 78.3 cm³/mol. The minimum absolute atomic E-state index is 0.0295. The van der Waals surface area contributed by atoms with Crippen molar-refractivity contribution in [2.45, 2.75) is 24.5 Å². The molecule has 0 bridgehead atoms. The molecular weight excluding hydrogens is 268 g/mol. The number of ether oxygens (including phenoxy) is 1. The largest absolute Gasteiger partial charge is 0.508 e. The van der Waals surface area contributed by atoms with E-state index < -0.39 is 6.10 Å². The van der Waals surface area contributed by atoms with Crippen molar-refractivity contribution in [1.82, 2.24) is 0 Å². The second-order valence-electron chi connectivity index (χ2n) is 5.41. The number of hydrogen-bond donors (Lipinski definition) is 3. The van der Waals surface area contributed by atoms with Crippen LogP contribution < -0.4 is 0 Å². The summed E-state index contributed by atoms with van der Waals surface area (Å²) in [5.74, 6) is 0.415. The van der Waals surface area contributed by atoms with Crippen molar-refractivity contribution in [3.05, 3.63) is 59.7 Å². The van der Waals surface area contributed by atoms with Crippen LogP contribution in [0.5, 0.6) is 11.5 Å². The zero-order valence-electron chi connectivity index (χ0n) is 11.5. The minimum Gasteiger partial charge on any atom is -0.508 e. The topological polar surface area (TPSA) is 69.9 Å². The molecule has 1 aliphatic heterocycles. The average molecular weight is 286 g/mol. The number of aromatic hydroxyl groups is 2. The minimum atomic E-state index is -0.553. The van der Waals surface area contributed by atoms with Crippen LogP contribution in [-0.4, -0.2) is 28.0 Å². The zero-order chi connectivity index (χ0) is 14.8. The van der Waals surface area contributed by atoms with Crippen molar-refractivity contribution in [3.63, 3.8) is 0 Å². The normalized spacial score (nSPS) is 25.7. The highest BCUT2D eigenvalue weighted by molar-refractivity contribution is 5.31. The number of rotatable bonds is 2. The third-order valence-electron chi connectivity index (χ3n) is 3.99. The Hall–Kier alpha value is -2.04. The highest BCUT2D eigenvalue weighted by atomic mass is 16.5. The fraction of sp³-hybridized carbons (Fsp3) is 0.294. The molecule has 0 aromatic heterocycles. The second kappa shape index (κ2) is 5.76. The van der Waals surface area contributed by atoms with Crippen LogP contribution in [0.4, 0.5) is 0 Å². The van der Waals surface area contributed by atoms with Crippen molar-refractivity contribution in [2.24, 2.45) is 0 Å². The molecule has 0 unspecified atom stereocenters. The van der Waals surface area contributed by atoms with E-state index in [4.69, 9.17) is 4.74 Å². The van der Waals surface area contributed by atoms with Crippen molar-refractivity contribution in [1.29, 1.82) is 0 Å². The number of phenols is 2. The van der Waals surface area contributed by atoms with Gasteiger partial charge in [-0.1, -0.05) is 24.3 Å². The summed E-state index contributed by atoms with van der Waals surface area (Å²) in [6, 6.07) is 13.9. The number of phenolic OH excluding ortho intramolecular Hbond substituents is 2. The number of hydrogen-bond acceptors (Lipinski definition) is 4. The highest BCUT2D eigenvalue weighted by Gasteiger charge is 2.31. The quantitative estimate of drug-likeness (QED) is 0.794. The Balaban J connectivity index is 1.81. The second-order valence-corrected chi connectivity index (χ2v) is 5.41. The molecule has 1 aliphatic rings. The van der Waals surface area contributed by atoms with Gasteiger partial charge in [0.05, 0.1) is 18.8 Å². The molecule has 110 valence electrons. The van der Waals surface area contributed by atoms with E-state index in [2.05, 4.69) is 0 Å². The molecule has 0 spiro atoms. The van der Waals surface area contributed by atoms with Gasteiger partial charge in [-0.3, -0.25) is 0 Å². The summed E-state index contributed by atoms with van der Waals surface area (Å²) in [4.78, 5) is 0. The van der Waals surface area contributed by atoms with Crippen molar-refractivity contribution >= 4 is 0 Å². The van der Waals surface area contributed by atoms with Gasteiger partial charge in [0.25, 0.3) is 0 Å². The molecule has 1 saturated heterocycles. The molecule has 4 nitrogen and oxygen atoms in total. The molecule has 21 heavy (non-hydrogen) atoms. The smallest absolute Gasteiger partial charge is 0.115 e. The van der Waals surface area contributed by atoms with Gasteiger partial charge in [-0.2, -0.15) is 0 Å². The van der Waals surface area contributed by atoms with Crippen LogP contribution in [0.2, 0.25) is 0 Å². The lowest BCUT2D eigenvalue weighted by atomic mass is 9.84. The Morgan fingerprint density at radius 2 is 1.33 bits per heavy atom. The molecule has 0 radical (unpaired) electrons. The van der Waals surface area contributed by atoms with Gasteiger partial charge in [0.2, 0.25) is 0 Å². The van der Waals surface area contributed by atoms with Crippen molar-refractivity contribution < 1.29 is 20.1 Å². The molecular formula is C17H18O4. The lowest BCUT2D eigenvalue weighted by Crippen LogP contribution is -2.32. The number of benzene rings is 2. The van der Waals surface area contributed by atoms with Gasteiger partial charge >= 0.3 is 0 Å². The number of aliphatic hydroxyl groups is 1. The first-order valence-electron chi connectivity index (χ1n) is 7.01. The van der Waals surface area contributed by atoms with E-state index in [1.165, 1.54) is 0 Å². The van der Waals surface area contributed by atoms with Gasteiger partial charge in [-0.05, 0) is 41.8 Å². The van der Waals surface area contributed by atoms with Crippen LogP contribution in [0.3, 0.4) is 0 Å². The zero-order valence-corrected chi connectivity index (χ0v) is 11.5. The van der Waals surface area contributed by atoms with Crippen LogP contribution in [-0.2, 0) is 4.74 Å². The summed E-state index contributed by atoms with van der Waals surface area (Å²) in [6.07, 6.45) is 0.00666. The van der Waals surface area contributed by atoms with Gasteiger partial charge in [-0.15, -0.1) is 0 Å². The standard InChI is InChI=1S/C17H18O4/c18-13-5-1-11(2-6-13)15-9-17(21-10-16(15)20)12-3-7-14(19)8-4-12/h1-8,15-20H,9-10H2/t15-,16+,17+/m0/s1. The molecule has 1 heterocycles. The summed E-state index contributed by atoms with van der Waals surface area (Å²) >= 11 is 0. The van der Waals surface area contributed by atoms with E-state index >= 15 is 0 Å². The van der Waals surface area contributed by atoms with Gasteiger partial charge < -0.3 is 20.1 Å². The Morgan fingerprint density at radius 3 is 1.90 bits per heavy atom. The van der Waals surface area contributed by atoms with E-state index in [0.29, 0.717) is 6.42 Å². The van der Waals surface area contributed by atoms with E-state index in [9.17, 15) is 15.3 Å². The van der Waals surface area contributed by atoms with Crippen LogP contribution >= 0.6 is 0 Å². The first kappa shape index (κ1) is 13.9. The Bertz CT molecular complexity index is 591. The molecule has 0 amide bonds. The maximum atomic E-state index is 10.2.